The normalized spacial score (nSPS) is 10.6. The van der Waals surface area contributed by atoms with Gasteiger partial charge in [0.1, 0.15) is 0 Å². The van der Waals surface area contributed by atoms with Gasteiger partial charge >= 0.3 is 0 Å². The second-order valence-electron chi connectivity index (χ2n) is 2.37. The fourth-order valence-corrected chi connectivity index (χ4v) is 0.861. The van der Waals surface area contributed by atoms with Crippen molar-refractivity contribution in [2.45, 2.75) is 6.61 Å². The molecule has 0 aliphatic heterocycles. The highest BCUT2D eigenvalue weighted by molar-refractivity contribution is 5.31. The molecular formula is C8H5F4O. The van der Waals surface area contributed by atoms with Gasteiger partial charge in [-0.3, -0.25) is 0 Å². The highest BCUT2D eigenvalue weighted by Gasteiger charge is 2.21. The van der Waals surface area contributed by atoms with Crippen LogP contribution in [0, 0.1) is 30.2 Å². The molecule has 1 aromatic carbocycles. The lowest BCUT2D eigenvalue weighted by molar-refractivity contribution is 0.262. The van der Waals surface area contributed by atoms with Gasteiger partial charge in [-0.2, -0.15) is 0 Å². The van der Waals surface area contributed by atoms with Crippen LogP contribution in [0.1, 0.15) is 11.1 Å². The second-order valence-corrected chi connectivity index (χ2v) is 2.37. The quantitative estimate of drug-likeness (QED) is 0.533. The Hall–Kier alpha value is -1.10. The molecule has 13 heavy (non-hydrogen) atoms. The third-order valence-electron chi connectivity index (χ3n) is 1.60. The standard InChI is InChI=1S/C8H5F4O/c1-3-5(9)7(11)4(2-13)8(12)6(3)10/h13H,1-2H2. The monoisotopic (exact) mass is 193 g/mol. The highest BCUT2D eigenvalue weighted by atomic mass is 19.2. The Morgan fingerprint density at radius 1 is 0.923 bits per heavy atom. The van der Waals surface area contributed by atoms with Crippen molar-refractivity contribution in [3.8, 4) is 0 Å². The third kappa shape index (κ3) is 1.39. The van der Waals surface area contributed by atoms with Crippen molar-refractivity contribution in [1.82, 2.24) is 0 Å². The Labute approximate surface area is 71.6 Å². The van der Waals surface area contributed by atoms with Gasteiger partial charge in [0, 0.05) is 5.56 Å². The van der Waals surface area contributed by atoms with E-state index in [0.29, 0.717) is 0 Å². The van der Waals surface area contributed by atoms with Crippen LogP contribution in [0.3, 0.4) is 0 Å². The average molecular weight is 193 g/mol. The van der Waals surface area contributed by atoms with Crippen LogP contribution in [0.15, 0.2) is 0 Å². The topological polar surface area (TPSA) is 20.2 Å². The van der Waals surface area contributed by atoms with Crippen LogP contribution in [0.4, 0.5) is 17.6 Å². The molecule has 0 fully saturated rings. The maximum absolute atomic E-state index is 12.7. The molecule has 0 atom stereocenters. The molecular weight excluding hydrogens is 188 g/mol. The van der Waals surface area contributed by atoms with Gasteiger partial charge in [0.15, 0.2) is 23.3 Å². The van der Waals surface area contributed by atoms with E-state index >= 15 is 0 Å². The van der Waals surface area contributed by atoms with Crippen molar-refractivity contribution in [3.63, 3.8) is 0 Å². The van der Waals surface area contributed by atoms with Crippen molar-refractivity contribution in [1.29, 1.82) is 0 Å². The molecule has 1 rings (SSSR count). The first-order valence-corrected chi connectivity index (χ1v) is 3.28. The molecule has 0 saturated heterocycles. The summed E-state index contributed by atoms with van der Waals surface area (Å²) in [7, 11) is 0. The number of aliphatic hydroxyl groups excluding tert-OH is 1. The molecule has 0 saturated carbocycles. The first kappa shape index (κ1) is 9.98. The number of hydrogen-bond donors (Lipinski definition) is 1. The van der Waals surface area contributed by atoms with E-state index in [2.05, 4.69) is 6.92 Å². The van der Waals surface area contributed by atoms with Crippen LogP contribution in [-0.4, -0.2) is 5.11 Å². The number of hydrogen-bond acceptors (Lipinski definition) is 1. The lowest BCUT2D eigenvalue weighted by atomic mass is 10.1. The molecule has 0 aromatic heterocycles. The van der Waals surface area contributed by atoms with Gasteiger partial charge in [-0.15, -0.1) is 0 Å². The number of benzene rings is 1. The molecule has 0 amide bonds. The molecule has 71 valence electrons. The van der Waals surface area contributed by atoms with E-state index in [-0.39, 0.29) is 0 Å². The van der Waals surface area contributed by atoms with E-state index in [1.807, 2.05) is 0 Å². The minimum Gasteiger partial charge on any atom is -0.391 e. The van der Waals surface area contributed by atoms with Crippen molar-refractivity contribution >= 4 is 0 Å². The summed E-state index contributed by atoms with van der Waals surface area (Å²) in [6.45, 7) is 1.70. The minimum atomic E-state index is -1.61. The largest absolute Gasteiger partial charge is 0.391 e. The first-order chi connectivity index (χ1) is 6.00. The second kappa shape index (κ2) is 3.33. The molecule has 1 radical (unpaired) electrons. The summed E-state index contributed by atoms with van der Waals surface area (Å²) in [5, 5.41) is 8.41. The number of halogens is 4. The molecule has 0 heterocycles. The molecule has 1 aromatic rings. The smallest absolute Gasteiger partial charge is 0.167 e. The van der Waals surface area contributed by atoms with Crippen LogP contribution in [-0.2, 0) is 6.61 Å². The summed E-state index contributed by atoms with van der Waals surface area (Å²) in [6.07, 6.45) is 0. The Balaban J connectivity index is 3.56. The number of rotatable bonds is 1. The Bertz CT molecular complexity index is 319. The summed E-state index contributed by atoms with van der Waals surface area (Å²) in [5.41, 5.74) is -2.00. The van der Waals surface area contributed by atoms with Crippen LogP contribution < -0.4 is 0 Å². The van der Waals surface area contributed by atoms with Crippen molar-refractivity contribution in [3.05, 3.63) is 41.3 Å². The van der Waals surface area contributed by atoms with Crippen LogP contribution >= 0.6 is 0 Å². The van der Waals surface area contributed by atoms with Gasteiger partial charge in [0.25, 0.3) is 0 Å². The van der Waals surface area contributed by atoms with Crippen molar-refractivity contribution in [2.24, 2.45) is 0 Å². The predicted molar refractivity (Wildman–Crippen MR) is 36.7 cm³/mol. The lowest BCUT2D eigenvalue weighted by Gasteiger charge is -2.06. The summed E-state index contributed by atoms with van der Waals surface area (Å²) in [4.78, 5) is 0. The van der Waals surface area contributed by atoms with Crippen LogP contribution in [0.5, 0.6) is 0 Å². The van der Waals surface area contributed by atoms with Crippen LogP contribution in [0.25, 0.3) is 0 Å². The zero-order valence-corrected chi connectivity index (χ0v) is 6.37. The Morgan fingerprint density at radius 2 is 1.31 bits per heavy atom. The van der Waals surface area contributed by atoms with Crippen LogP contribution in [0.2, 0.25) is 0 Å². The zero-order chi connectivity index (χ0) is 10.2. The molecule has 0 spiro atoms. The molecule has 0 bridgehead atoms. The van der Waals surface area contributed by atoms with E-state index < -0.39 is 41.0 Å². The lowest BCUT2D eigenvalue weighted by Crippen LogP contribution is -2.05. The van der Waals surface area contributed by atoms with E-state index in [1.165, 1.54) is 0 Å². The van der Waals surface area contributed by atoms with E-state index in [0.717, 1.165) is 0 Å². The zero-order valence-electron chi connectivity index (χ0n) is 6.37. The fraction of sp³-hybridized carbons (Fsp3) is 0.125. The highest BCUT2D eigenvalue weighted by Crippen LogP contribution is 2.23. The van der Waals surface area contributed by atoms with E-state index in [9.17, 15) is 17.6 Å². The summed E-state index contributed by atoms with van der Waals surface area (Å²) < 4.78 is 50.8. The Morgan fingerprint density at radius 3 is 1.62 bits per heavy atom. The molecule has 5 heteroatoms. The van der Waals surface area contributed by atoms with E-state index in [4.69, 9.17) is 5.11 Å². The van der Waals surface area contributed by atoms with Crippen molar-refractivity contribution in [2.75, 3.05) is 0 Å². The molecule has 1 nitrogen and oxygen atoms in total. The predicted octanol–water partition coefficient (Wildman–Crippen LogP) is 1.92. The average Bonchev–Trinajstić information content (AvgIpc) is 2.13. The Kier molecular flexibility index (Phi) is 2.56. The van der Waals surface area contributed by atoms with Gasteiger partial charge < -0.3 is 5.11 Å². The molecule has 0 aliphatic carbocycles. The third-order valence-corrected chi connectivity index (χ3v) is 1.60. The van der Waals surface area contributed by atoms with Crippen molar-refractivity contribution < 1.29 is 22.7 Å². The molecule has 0 aliphatic rings. The van der Waals surface area contributed by atoms with Gasteiger partial charge in [0.05, 0.1) is 12.2 Å². The van der Waals surface area contributed by atoms with E-state index in [1.54, 1.807) is 0 Å². The van der Waals surface area contributed by atoms with Gasteiger partial charge in [0.2, 0.25) is 0 Å². The summed E-state index contributed by atoms with van der Waals surface area (Å²) in [5.74, 6) is -6.37. The summed E-state index contributed by atoms with van der Waals surface area (Å²) >= 11 is 0. The molecule has 1 N–H and O–H groups in total. The maximum Gasteiger partial charge on any atom is 0.167 e. The number of aliphatic hydroxyl groups is 1. The van der Waals surface area contributed by atoms with Gasteiger partial charge in [-0.05, 0) is 6.92 Å². The first-order valence-electron chi connectivity index (χ1n) is 3.28. The summed E-state index contributed by atoms with van der Waals surface area (Å²) in [6, 6.07) is 0. The molecule has 0 unspecified atom stereocenters. The van der Waals surface area contributed by atoms with Gasteiger partial charge in [-0.1, -0.05) is 0 Å². The SMILES string of the molecule is [CH2]c1c(F)c(F)c(CO)c(F)c1F. The maximum atomic E-state index is 12.7. The van der Waals surface area contributed by atoms with Gasteiger partial charge in [-0.25, -0.2) is 17.6 Å². The minimum absolute atomic E-state index is 0.979. The fourth-order valence-electron chi connectivity index (χ4n) is 0.861.